The third kappa shape index (κ3) is 2.86. The second-order valence-corrected chi connectivity index (χ2v) is 2.57. The Balaban J connectivity index is 4.06. The molecule has 10 heavy (non-hydrogen) atoms. The maximum atomic E-state index is 2.26. The van der Waals surface area contributed by atoms with Gasteiger partial charge in [0.25, 0.3) is 0 Å². The SMILES string of the molecule is CC=CC(CC)C(C)=CC. The van der Waals surface area contributed by atoms with Gasteiger partial charge in [0.05, 0.1) is 0 Å². The zero-order valence-corrected chi connectivity index (χ0v) is 7.52. The van der Waals surface area contributed by atoms with Crippen LogP contribution >= 0.6 is 0 Å². The van der Waals surface area contributed by atoms with E-state index < -0.39 is 0 Å². The summed E-state index contributed by atoms with van der Waals surface area (Å²) in [6, 6.07) is 0. The normalized spacial score (nSPS) is 16.2. The number of allylic oxidation sites excluding steroid dienone is 4. The highest BCUT2D eigenvalue weighted by molar-refractivity contribution is 5.09. The van der Waals surface area contributed by atoms with Crippen LogP contribution in [0.5, 0.6) is 0 Å². The Morgan fingerprint density at radius 2 is 2.00 bits per heavy atom. The van der Waals surface area contributed by atoms with Crippen LogP contribution in [0, 0.1) is 5.92 Å². The summed E-state index contributed by atoms with van der Waals surface area (Å²) >= 11 is 0. The second-order valence-electron chi connectivity index (χ2n) is 2.57. The van der Waals surface area contributed by atoms with Crippen LogP contribution in [-0.4, -0.2) is 0 Å². The van der Waals surface area contributed by atoms with E-state index in [4.69, 9.17) is 0 Å². The Labute approximate surface area is 64.6 Å². The van der Waals surface area contributed by atoms with E-state index in [1.54, 1.807) is 0 Å². The van der Waals surface area contributed by atoms with Crippen molar-refractivity contribution in [2.45, 2.75) is 34.1 Å². The topological polar surface area (TPSA) is 0 Å². The molecule has 0 N–H and O–H groups in total. The third-order valence-electron chi connectivity index (χ3n) is 1.90. The van der Waals surface area contributed by atoms with Crippen LogP contribution in [0.2, 0.25) is 0 Å². The van der Waals surface area contributed by atoms with Gasteiger partial charge in [-0.2, -0.15) is 0 Å². The van der Waals surface area contributed by atoms with Crippen molar-refractivity contribution in [1.82, 2.24) is 0 Å². The van der Waals surface area contributed by atoms with E-state index in [2.05, 4.69) is 45.9 Å². The van der Waals surface area contributed by atoms with Gasteiger partial charge in [0.15, 0.2) is 0 Å². The summed E-state index contributed by atoms with van der Waals surface area (Å²) in [5.41, 5.74) is 1.47. The first-order valence-corrected chi connectivity index (χ1v) is 4.01. The predicted octanol–water partition coefficient (Wildman–Crippen LogP) is 3.55. The van der Waals surface area contributed by atoms with Crippen molar-refractivity contribution >= 4 is 0 Å². The van der Waals surface area contributed by atoms with Crippen LogP contribution in [0.3, 0.4) is 0 Å². The lowest BCUT2D eigenvalue weighted by atomic mass is 9.97. The van der Waals surface area contributed by atoms with Gasteiger partial charge in [-0.05, 0) is 33.1 Å². The van der Waals surface area contributed by atoms with Gasteiger partial charge in [0.1, 0.15) is 0 Å². The maximum absolute atomic E-state index is 2.26. The van der Waals surface area contributed by atoms with Crippen molar-refractivity contribution in [3.05, 3.63) is 23.8 Å². The second kappa shape index (κ2) is 5.28. The summed E-state index contributed by atoms with van der Waals surface area (Å²) in [5.74, 6) is 0.662. The van der Waals surface area contributed by atoms with E-state index in [1.165, 1.54) is 12.0 Å². The van der Waals surface area contributed by atoms with Gasteiger partial charge >= 0.3 is 0 Å². The van der Waals surface area contributed by atoms with Gasteiger partial charge in [-0.3, -0.25) is 0 Å². The maximum Gasteiger partial charge on any atom is -0.00289 e. The average Bonchev–Trinajstić information content (AvgIpc) is 1.99. The summed E-state index contributed by atoms with van der Waals surface area (Å²) < 4.78 is 0. The highest BCUT2D eigenvalue weighted by atomic mass is 14.1. The largest absolute Gasteiger partial charge is 0.0911 e. The van der Waals surface area contributed by atoms with E-state index in [9.17, 15) is 0 Å². The van der Waals surface area contributed by atoms with Crippen molar-refractivity contribution in [1.29, 1.82) is 0 Å². The van der Waals surface area contributed by atoms with E-state index in [0.717, 1.165) is 0 Å². The first kappa shape index (κ1) is 9.48. The fourth-order valence-corrected chi connectivity index (χ4v) is 1.06. The Hall–Kier alpha value is -0.520. The lowest BCUT2D eigenvalue weighted by Gasteiger charge is -2.08. The van der Waals surface area contributed by atoms with E-state index >= 15 is 0 Å². The minimum atomic E-state index is 0.662. The molecular weight excluding hydrogens is 120 g/mol. The summed E-state index contributed by atoms with van der Waals surface area (Å²) in [7, 11) is 0. The molecule has 0 rings (SSSR count). The van der Waals surface area contributed by atoms with Gasteiger partial charge in [-0.15, -0.1) is 0 Å². The number of rotatable bonds is 3. The highest BCUT2D eigenvalue weighted by Gasteiger charge is 2.00. The molecule has 0 spiro atoms. The van der Waals surface area contributed by atoms with Gasteiger partial charge in [-0.25, -0.2) is 0 Å². The van der Waals surface area contributed by atoms with Gasteiger partial charge in [-0.1, -0.05) is 30.7 Å². The minimum Gasteiger partial charge on any atom is -0.0911 e. The number of hydrogen-bond acceptors (Lipinski definition) is 0. The third-order valence-corrected chi connectivity index (χ3v) is 1.90. The molecule has 0 aliphatic carbocycles. The molecule has 58 valence electrons. The fourth-order valence-electron chi connectivity index (χ4n) is 1.06. The first-order chi connectivity index (χ1) is 4.76. The molecule has 0 aliphatic heterocycles. The van der Waals surface area contributed by atoms with Crippen LogP contribution in [-0.2, 0) is 0 Å². The van der Waals surface area contributed by atoms with Crippen LogP contribution in [0.1, 0.15) is 34.1 Å². The molecule has 0 aromatic carbocycles. The molecule has 0 aromatic rings. The molecule has 0 heteroatoms. The standard InChI is InChI=1S/C10H18/c1-5-8-10(7-3)9(4)6-2/h5-6,8,10H,7H2,1-4H3. The summed E-state index contributed by atoms with van der Waals surface area (Å²) in [5, 5.41) is 0. The number of hydrogen-bond donors (Lipinski definition) is 0. The smallest absolute Gasteiger partial charge is 0.00289 e. The van der Waals surface area contributed by atoms with E-state index in [0.29, 0.717) is 5.92 Å². The molecule has 0 heterocycles. The van der Waals surface area contributed by atoms with E-state index in [-0.39, 0.29) is 0 Å². The molecule has 1 unspecified atom stereocenters. The van der Waals surface area contributed by atoms with Crippen molar-refractivity contribution in [2.75, 3.05) is 0 Å². The Bertz CT molecular complexity index is 129. The van der Waals surface area contributed by atoms with Crippen LogP contribution in [0.4, 0.5) is 0 Å². The van der Waals surface area contributed by atoms with Crippen molar-refractivity contribution in [3.63, 3.8) is 0 Å². The first-order valence-electron chi connectivity index (χ1n) is 4.01. The zero-order chi connectivity index (χ0) is 7.98. The van der Waals surface area contributed by atoms with Crippen molar-refractivity contribution in [3.8, 4) is 0 Å². The Kier molecular flexibility index (Phi) is 5.00. The molecule has 0 aliphatic rings. The Morgan fingerprint density at radius 3 is 2.30 bits per heavy atom. The lowest BCUT2D eigenvalue weighted by Crippen LogP contribution is -1.94. The van der Waals surface area contributed by atoms with Crippen LogP contribution in [0.15, 0.2) is 23.8 Å². The zero-order valence-electron chi connectivity index (χ0n) is 7.52. The van der Waals surface area contributed by atoms with Crippen LogP contribution in [0.25, 0.3) is 0 Å². The van der Waals surface area contributed by atoms with Gasteiger partial charge < -0.3 is 0 Å². The molecule has 1 atom stereocenters. The molecule has 0 radical (unpaired) electrons. The van der Waals surface area contributed by atoms with Gasteiger partial charge in [0.2, 0.25) is 0 Å². The molecule has 0 saturated heterocycles. The summed E-state index contributed by atoms with van der Waals surface area (Å²) in [4.78, 5) is 0. The highest BCUT2D eigenvalue weighted by Crippen LogP contribution is 2.15. The summed E-state index contributed by atoms with van der Waals surface area (Å²) in [6.45, 7) is 8.58. The summed E-state index contributed by atoms with van der Waals surface area (Å²) in [6.07, 6.45) is 7.78. The van der Waals surface area contributed by atoms with Gasteiger partial charge in [0, 0.05) is 0 Å². The molecule has 0 saturated carbocycles. The molecule has 0 amide bonds. The lowest BCUT2D eigenvalue weighted by molar-refractivity contribution is 0.724. The fraction of sp³-hybridized carbons (Fsp3) is 0.600. The molecule has 0 bridgehead atoms. The molecule has 0 fully saturated rings. The monoisotopic (exact) mass is 138 g/mol. The Morgan fingerprint density at radius 1 is 1.40 bits per heavy atom. The molecule has 0 aromatic heterocycles. The average molecular weight is 138 g/mol. The van der Waals surface area contributed by atoms with E-state index in [1.807, 2.05) is 0 Å². The molecule has 0 nitrogen and oxygen atoms in total. The van der Waals surface area contributed by atoms with Crippen LogP contribution < -0.4 is 0 Å². The molecular formula is C10H18. The van der Waals surface area contributed by atoms with Crippen molar-refractivity contribution < 1.29 is 0 Å². The minimum absolute atomic E-state index is 0.662. The predicted molar refractivity (Wildman–Crippen MR) is 48.0 cm³/mol. The quantitative estimate of drug-likeness (QED) is 0.523. The van der Waals surface area contributed by atoms with Crippen molar-refractivity contribution in [2.24, 2.45) is 5.92 Å².